The van der Waals surface area contributed by atoms with E-state index in [9.17, 15) is 0 Å². The normalized spacial score (nSPS) is 9.96. The van der Waals surface area contributed by atoms with Gasteiger partial charge in [-0.3, -0.25) is 0 Å². The molecule has 4 aromatic carbocycles. The predicted octanol–water partition coefficient (Wildman–Crippen LogP) is 3.62. The lowest BCUT2D eigenvalue weighted by Crippen LogP contribution is -2.51. The molecule has 0 bridgehead atoms. The van der Waals surface area contributed by atoms with Crippen LogP contribution in [0, 0.1) is 0 Å². The van der Waals surface area contributed by atoms with E-state index in [-0.39, 0.29) is 0 Å². The quantitative estimate of drug-likeness (QED) is 0.395. The van der Waals surface area contributed by atoms with Crippen molar-refractivity contribution in [2.24, 2.45) is 0 Å². The Morgan fingerprint density at radius 3 is 0.720 bits per heavy atom. The van der Waals surface area contributed by atoms with E-state index >= 15 is 0 Å². The van der Waals surface area contributed by atoms with Gasteiger partial charge >= 0.3 is 0 Å². The first-order valence-corrected chi connectivity index (χ1v) is 10.3. The molecule has 4 aromatic rings. The maximum Gasteiger partial charge on any atom is 0.132 e. The molecule has 0 saturated carbocycles. The number of benzene rings is 4. The zero-order chi connectivity index (χ0) is 17.2. The molecule has 0 amide bonds. The van der Waals surface area contributed by atoms with Gasteiger partial charge in [0.2, 0.25) is 0 Å². The minimum Gasteiger partial charge on any atom is -0.0625 e. The fourth-order valence-corrected chi connectivity index (χ4v) is 5.87. The van der Waals surface area contributed by atoms with Crippen LogP contribution in [0.3, 0.4) is 0 Å². The summed E-state index contributed by atoms with van der Waals surface area (Å²) in [6.07, 6.45) is 0. The predicted molar refractivity (Wildman–Crippen MR) is 112 cm³/mol. The van der Waals surface area contributed by atoms with Gasteiger partial charge in [0.1, 0.15) is 8.80 Å². The highest BCUT2D eigenvalue weighted by Crippen LogP contribution is 1.95. The molecular weight excluding hydrogens is 316 g/mol. The Labute approximate surface area is 152 Å². The molecule has 0 atom stereocenters. The van der Waals surface area contributed by atoms with Crippen LogP contribution in [0.25, 0.3) is 0 Å². The summed E-state index contributed by atoms with van der Waals surface area (Å²) in [6.45, 7) is 0. The highest BCUT2D eigenvalue weighted by atomic mass is 28.3. The van der Waals surface area contributed by atoms with Crippen LogP contribution < -0.4 is 15.6 Å². The van der Waals surface area contributed by atoms with Crippen molar-refractivity contribution < 1.29 is 0 Å². The first kappa shape index (κ1) is 16.9. The minimum absolute atomic E-state index is 1.31. The van der Waals surface area contributed by atoms with E-state index in [0.29, 0.717) is 0 Å². The van der Waals surface area contributed by atoms with Gasteiger partial charge in [-0.2, -0.15) is 0 Å². The van der Waals surface area contributed by atoms with Crippen molar-refractivity contribution in [1.29, 1.82) is 0 Å². The summed E-state index contributed by atoms with van der Waals surface area (Å²) in [5.41, 5.74) is 0. The van der Waals surface area contributed by atoms with Crippen molar-refractivity contribution in [2.75, 3.05) is 0 Å². The first-order chi connectivity index (χ1) is 12.4. The molecule has 4 rings (SSSR count). The highest BCUT2D eigenvalue weighted by molar-refractivity contribution is 6.95. The maximum absolute atomic E-state index is 2.26. The third-order valence-corrected chi connectivity index (χ3v) is 7.22. The van der Waals surface area contributed by atoms with Gasteiger partial charge in [-0.15, -0.1) is 0 Å². The summed E-state index contributed by atoms with van der Waals surface area (Å²) in [6, 6.07) is 44.7. The number of rotatable bonds is 3. The smallest absolute Gasteiger partial charge is 0.0625 e. The number of hydrogen-bond donors (Lipinski definition) is 0. The summed E-state index contributed by atoms with van der Waals surface area (Å²) >= 11 is 0. The van der Waals surface area contributed by atoms with E-state index in [2.05, 4.69) is 91.0 Å². The molecule has 0 N–H and O–H groups in total. The Kier molecular flexibility index (Phi) is 6.37. The summed E-state index contributed by atoms with van der Waals surface area (Å²) < 4.78 is 0. The van der Waals surface area contributed by atoms with E-state index in [1.807, 2.05) is 36.4 Å². The third kappa shape index (κ3) is 5.03. The van der Waals surface area contributed by atoms with E-state index in [0.717, 1.165) is 0 Å². The van der Waals surface area contributed by atoms with Gasteiger partial charge in [0.05, 0.1) is 0 Å². The Morgan fingerprint density at radius 1 is 0.280 bits per heavy atom. The molecule has 0 unspecified atom stereocenters. The van der Waals surface area contributed by atoms with Crippen LogP contribution in [0.1, 0.15) is 0 Å². The van der Waals surface area contributed by atoms with E-state index in [1.54, 1.807) is 0 Å². The van der Waals surface area contributed by atoms with Gasteiger partial charge < -0.3 is 0 Å². The van der Waals surface area contributed by atoms with E-state index in [4.69, 9.17) is 0 Å². The van der Waals surface area contributed by atoms with Gasteiger partial charge in [0.15, 0.2) is 0 Å². The lowest BCUT2D eigenvalue weighted by atomic mass is 10.3. The van der Waals surface area contributed by atoms with Crippen molar-refractivity contribution in [3.63, 3.8) is 0 Å². The van der Waals surface area contributed by atoms with Gasteiger partial charge in [-0.1, -0.05) is 143 Å². The molecule has 0 saturated heterocycles. The van der Waals surface area contributed by atoms with Crippen LogP contribution in [-0.4, -0.2) is 8.80 Å². The standard InChI is InChI=1S/C18H16Si.C6H6/c1-4-10-16(11-5-1)19(17-12-6-2-7-13-17)18-14-8-3-9-15-18;1-2-4-6-5-3-1/h1-15,19H;1-6H. The average molecular weight is 339 g/mol. The van der Waals surface area contributed by atoms with Crippen LogP contribution in [0.2, 0.25) is 0 Å². The topological polar surface area (TPSA) is 0 Å². The Balaban J connectivity index is 0.000000258. The SMILES string of the molecule is c1ccc([SiH](c2ccccc2)c2ccccc2)cc1.c1ccccc1. The monoisotopic (exact) mass is 338 g/mol. The van der Waals surface area contributed by atoms with Gasteiger partial charge in [0.25, 0.3) is 0 Å². The molecule has 25 heavy (non-hydrogen) atoms. The largest absolute Gasteiger partial charge is 0.132 e. The molecule has 0 aliphatic rings. The molecule has 0 aromatic heterocycles. The van der Waals surface area contributed by atoms with Gasteiger partial charge in [0, 0.05) is 0 Å². The first-order valence-electron chi connectivity index (χ1n) is 8.60. The fraction of sp³-hybridized carbons (Fsp3) is 0. The van der Waals surface area contributed by atoms with Crippen molar-refractivity contribution in [3.8, 4) is 0 Å². The lowest BCUT2D eigenvalue weighted by Gasteiger charge is -2.16. The van der Waals surface area contributed by atoms with Crippen molar-refractivity contribution in [2.45, 2.75) is 0 Å². The van der Waals surface area contributed by atoms with Crippen LogP contribution in [-0.2, 0) is 0 Å². The van der Waals surface area contributed by atoms with Crippen LogP contribution in [0.4, 0.5) is 0 Å². The van der Waals surface area contributed by atoms with Gasteiger partial charge in [-0.05, 0) is 0 Å². The fourth-order valence-electron chi connectivity index (χ4n) is 2.90. The zero-order valence-electron chi connectivity index (χ0n) is 14.2. The second kappa shape index (κ2) is 9.41. The van der Waals surface area contributed by atoms with Crippen molar-refractivity contribution in [1.82, 2.24) is 0 Å². The molecular formula is C24H22Si. The van der Waals surface area contributed by atoms with Gasteiger partial charge in [-0.25, -0.2) is 0 Å². The van der Waals surface area contributed by atoms with E-state index in [1.165, 1.54) is 15.6 Å². The van der Waals surface area contributed by atoms with Crippen LogP contribution >= 0.6 is 0 Å². The summed E-state index contributed by atoms with van der Waals surface area (Å²) in [5, 5.41) is 4.42. The van der Waals surface area contributed by atoms with Crippen LogP contribution in [0.15, 0.2) is 127 Å². The molecule has 0 heterocycles. The minimum atomic E-state index is -1.31. The molecule has 0 radical (unpaired) electrons. The molecule has 1 heteroatoms. The highest BCUT2D eigenvalue weighted by Gasteiger charge is 2.17. The Morgan fingerprint density at radius 2 is 0.480 bits per heavy atom. The Hall–Kier alpha value is -2.90. The molecule has 0 aliphatic heterocycles. The van der Waals surface area contributed by atoms with Crippen molar-refractivity contribution >= 4 is 24.4 Å². The van der Waals surface area contributed by atoms with Crippen LogP contribution in [0.5, 0.6) is 0 Å². The average Bonchev–Trinajstić information content (AvgIpc) is 2.72. The Bertz CT molecular complexity index is 707. The lowest BCUT2D eigenvalue weighted by molar-refractivity contribution is 1.71. The summed E-state index contributed by atoms with van der Waals surface area (Å²) in [5.74, 6) is 0. The molecule has 0 spiro atoms. The molecule has 0 fully saturated rings. The second-order valence-corrected chi connectivity index (χ2v) is 8.69. The zero-order valence-corrected chi connectivity index (χ0v) is 15.4. The van der Waals surface area contributed by atoms with Crippen molar-refractivity contribution in [3.05, 3.63) is 127 Å². The number of hydrogen-bond acceptors (Lipinski definition) is 0. The third-order valence-electron chi connectivity index (χ3n) is 4.07. The summed E-state index contributed by atoms with van der Waals surface area (Å²) in [7, 11) is -1.31. The summed E-state index contributed by atoms with van der Waals surface area (Å²) in [4.78, 5) is 0. The molecule has 0 nitrogen and oxygen atoms in total. The molecule has 0 aliphatic carbocycles. The van der Waals surface area contributed by atoms with E-state index < -0.39 is 8.80 Å². The molecule has 122 valence electrons. The second-order valence-electron chi connectivity index (χ2n) is 5.82. The maximum atomic E-state index is 2.26.